The molecule has 9 heteroatoms. The molecule has 1 aromatic heterocycles. The predicted molar refractivity (Wildman–Crippen MR) is 76.5 cm³/mol. The standard InChI is InChI=1S/C12H8BrN3O5/c13-6-1-3-9(7(5-6)12(17)18)21-10-4-2-8(16(19)20)11(14)15-10/h1-5H,(H2,14,15)(H,17,18). The highest BCUT2D eigenvalue weighted by Gasteiger charge is 2.16. The highest BCUT2D eigenvalue weighted by atomic mass is 79.9. The van der Waals surface area contributed by atoms with Crippen LogP contribution >= 0.6 is 15.9 Å². The van der Waals surface area contributed by atoms with Crippen molar-refractivity contribution < 1.29 is 19.6 Å². The molecule has 0 amide bonds. The van der Waals surface area contributed by atoms with E-state index in [0.29, 0.717) is 4.47 Å². The maximum absolute atomic E-state index is 11.1. The smallest absolute Gasteiger partial charge is 0.339 e. The van der Waals surface area contributed by atoms with Crippen molar-refractivity contribution in [1.82, 2.24) is 4.98 Å². The average Bonchev–Trinajstić information content (AvgIpc) is 2.40. The first-order chi connectivity index (χ1) is 9.88. The number of hydrogen-bond acceptors (Lipinski definition) is 6. The lowest BCUT2D eigenvalue weighted by Crippen LogP contribution is -2.02. The summed E-state index contributed by atoms with van der Waals surface area (Å²) in [6.45, 7) is 0. The molecule has 0 aliphatic carbocycles. The van der Waals surface area contributed by atoms with Crippen molar-refractivity contribution in [3.05, 3.63) is 50.5 Å². The number of carbonyl (C=O) groups is 1. The number of nitrogens with zero attached hydrogens (tertiary/aromatic N) is 2. The molecule has 0 atom stereocenters. The van der Waals surface area contributed by atoms with E-state index in [9.17, 15) is 14.9 Å². The van der Waals surface area contributed by atoms with Crippen LogP contribution in [0.5, 0.6) is 11.6 Å². The number of hydrogen-bond donors (Lipinski definition) is 2. The summed E-state index contributed by atoms with van der Waals surface area (Å²) in [4.78, 5) is 24.8. The van der Waals surface area contributed by atoms with E-state index in [1.807, 2.05) is 0 Å². The molecule has 1 aromatic carbocycles. The number of nitrogen functional groups attached to an aromatic ring is 1. The Labute approximate surface area is 126 Å². The maximum Gasteiger partial charge on any atom is 0.339 e. The van der Waals surface area contributed by atoms with E-state index in [1.165, 1.54) is 18.2 Å². The SMILES string of the molecule is Nc1nc(Oc2ccc(Br)cc2C(=O)O)ccc1[N+](=O)[O-]. The lowest BCUT2D eigenvalue weighted by atomic mass is 10.2. The van der Waals surface area contributed by atoms with Gasteiger partial charge in [-0.2, -0.15) is 4.98 Å². The zero-order valence-electron chi connectivity index (χ0n) is 10.3. The Morgan fingerprint density at radius 1 is 1.38 bits per heavy atom. The largest absolute Gasteiger partial charge is 0.478 e. The van der Waals surface area contributed by atoms with Gasteiger partial charge in [0.15, 0.2) is 0 Å². The second kappa shape index (κ2) is 5.75. The average molecular weight is 354 g/mol. The zero-order valence-corrected chi connectivity index (χ0v) is 11.9. The quantitative estimate of drug-likeness (QED) is 0.638. The normalized spacial score (nSPS) is 10.1. The summed E-state index contributed by atoms with van der Waals surface area (Å²) >= 11 is 3.16. The summed E-state index contributed by atoms with van der Waals surface area (Å²) in [7, 11) is 0. The molecule has 0 aliphatic rings. The summed E-state index contributed by atoms with van der Waals surface area (Å²) in [5.41, 5.74) is 5.01. The maximum atomic E-state index is 11.1. The number of halogens is 1. The molecule has 108 valence electrons. The zero-order chi connectivity index (χ0) is 15.6. The van der Waals surface area contributed by atoms with Gasteiger partial charge in [0.1, 0.15) is 11.3 Å². The second-order valence-electron chi connectivity index (χ2n) is 3.86. The van der Waals surface area contributed by atoms with E-state index in [1.54, 1.807) is 6.07 Å². The fourth-order valence-corrected chi connectivity index (χ4v) is 1.89. The molecule has 3 N–H and O–H groups in total. The van der Waals surface area contributed by atoms with Crippen LogP contribution in [0.3, 0.4) is 0 Å². The van der Waals surface area contributed by atoms with Crippen LogP contribution in [0.4, 0.5) is 11.5 Å². The van der Waals surface area contributed by atoms with Gasteiger partial charge in [-0.05, 0) is 18.2 Å². The van der Waals surface area contributed by atoms with E-state index in [0.717, 1.165) is 6.07 Å². The number of nitro groups is 1. The highest BCUT2D eigenvalue weighted by molar-refractivity contribution is 9.10. The predicted octanol–water partition coefficient (Wildman–Crippen LogP) is 2.83. The van der Waals surface area contributed by atoms with E-state index < -0.39 is 10.9 Å². The molecule has 0 aliphatic heterocycles. The number of ether oxygens (including phenoxy) is 1. The minimum absolute atomic E-state index is 0.0390. The fraction of sp³-hybridized carbons (Fsp3) is 0. The van der Waals surface area contributed by atoms with Crippen LogP contribution in [-0.4, -0.2) is 21.0 Å². The fourth-order valence-electron chi connectivity index (χ4n) is 1.53. The highest BCUT2D eigenvalue weighted by Crippen LogP contribution is 2.29. The van der Waals surface area contributed by atoms with Gasteiger partial charge in [-0.25, -0.2) is 4.79 Å². The van der Waals surface area contributed by atoms with Gasteiger partial charge in [0, 0.05) is 16.6 Å². The third-order valence-electron chi connectivity index (χ3n) is 2.46. The molecule has 0 radical (unpaired) electrons. The van der Waals surface area contributed by atoms with E-state index in [2.05, 4.69) is 20.9 Å². The monoisotopic (exact) mass is 353 g/mol. The Hall–Kier alpha value is -2.68. The number of pyridine rings is 1. The lowest BCUT2D eigenvalue weighted by Gasteiger charge is -2.08. The first-order valence-electron chi connectivity index (χ1n) is 5.50. The number of carboxylic acid groups (broad SMARTS) is 1. The van der Waals surface area contributed by atoms with Crippen molar-refractivity contribution >= 4 is 33.4 Å². The Morgan fingerprint density at radius 2 is 2.10 bits per heavy atom. The number of rotatable bonds is 4. The molecule has 0 unspecified atom stereocenters. The van der Waals surface area contributed by atoms with Crippen LogP contribution in [0.15, 0.2) is 34.8 Å². The van der Waals surface area contributed by atoms with Crippen LogP contribution in [0, 0.1) is 10.1 Å². The number of anilines is 1. The van der Waals surface area contributed by atoms with Crippen LogP contribution in [-0.2, 0) is 0 Å². The molecule has 1 heterocycles. The molecule has 0 spiro atoms. The van der Waals surface area contributed by atoms with Gasteiger partial charge in [-0.3, -0.25) is 10.1 Å². The van der Waals surface area contributed by atoms with E-state index in [4.69, 9.17) is 15.6 Å². The van der Waals surface area contributed by atoms with Crippen LogP contribution in [0.1, 0.15) is 10.4 Å². The summed E-state index contributed by atoms with van der Waals surface area (Å²) in [6, 6.07) is 6.77. The lowest BCUT2D eigenvalue weighted by molar-refractivity contribution is -0.384. The van der Waals surface area contributed by atoms with Gasteiger partial charge in [0.05, 0.1) is 4.92 Å². The number of carboxylic acids is 1. The number of nitrogens with two attached hydrogens (primary N) is 1. The van der Waals surface area contributed by atoms with Gasteiger partial charge in [0.2, 0.25) is 11.7 Å². The van der Waals surface area contributed by atoms with E-state index >= 15 is 0 Å². The summed E-state index contributed by atoms with van der Waals surface area (Å²) < 4.78 is 5.90. The van der Waals surface area contributed by atoms with Gasteiger partial charge in [-0.15, -0.1) is 0 Å². The van der Waals surface area contributed by atoms with Gasteiger partial charge >= 0.3 is 11.7 Å². The molecule has 0 bridgehead atoms. The van der Waals surface area contributed by atoms with Crippen molar-refractivity contribution in [2.24, 2.45) is 0 Å². The Morgan fingerprint density at radius 3 is 2.67 bits per heavy atom. The van der Waals surface area contributed by atoms with Crippen molar-refractivity contribution in [3.8, 4) is 11.6 Å². The van der Waals surface area contributed by atoms with Gasteiger partial charge < -0.3 is 15.6 Å². The van der Waals surface area contributed by atoms with Gasteiger partial charge in [-0.1, -0.05) is 15.9 Å². The van der Waals surface area contributed by atoms with Crippen molar-refractivity contribution in [2.45, 2.75) is 0 Å². The minimum Gasteiger partial charge on any atom is -0.478 e. The first-order valence-corrected chi connectivity index (χ1v) is 6.29. The Balaban J connectivity index is 2.37. The molecular formula is C12H8BrN3O5. The van der Waals surface area contributed by atoms with Crippen molar-refractivity contribution in [2.75, 3.05) is 5.73 Å². The Kier molecular flexibility index (Phi) is 4.03. The molecular weight excluding hydrogens is 346 g/mol. The molecule has 21 heavy (non-hydrogen) atoms. The minimum atomic E-state index is -1.18. The molecule has 2 aromatic rings. The van der Waals surface area contributed by atoms with Crippen LogP contribution < -0.4 is 10.5 Å². The summed E-state index contributed by atoms with van der Waals surface area (Å²) in [5.74, 6) is -1.48. The van der Waals surface area contributed by atoms with Crippen molar-refractivity contribution in [1.29, 1.82) is 0 Å². The number of aromatic carboxylic acids is 1. The molecule has 0 fully saturated rings. The summed E-state index contributed by atoms with van der Waals surface area (Å²) in [5, 5.41) is 19.7. The van der Waals surface area contributed by atoms with Crippen LogP contribution in [0.25, 0.3) is 0 Å². The topological polar surface area (TPSA) is 129 Å². The van der Waals surface area contributed by atoms with Crippen molar-refractivity contribution in [3.63, 3.8) is 0 Å². The Bertz CT molecular complexity index is 735. The van der Waals surface area contributed by atoms with Crippen LogP contribution in [0.2, 0.25) is 0 Å². The number of aromatic nitrogens is 1. The summed E-state index contributed by atoms with van der Waals surface area (Å²) in [6.07, 6.45) is 0. The molecule has 2 rings (SSSR count). The molecule has 0 saturated carbocycles. The van der Waals surface area contributed by atoms with E-state index in [-0.39, 0.29) is 28.7 Å². The van der Waals surface area contributed by atoms with Gasteiger partial charge in [0.25, 0.3) is 0 Å². The third kappa shape index (κ3) is 3.26. The first kappa shape index (κ1) is 14.7. The third-order valence-corrected chi connectivity index (χ3v) is 2.95. The molecule has 8 nitrogen and oxygen atoms in total. The number of benzene rings is 1. The second-order valence-corrected chi connectivity index (χ2v) is 4.77. The molecule has 0 saturated heterocycles.